The molecular formula is C19H28N6O. The summed E-state index contributed by atoms with van der Waals surface area (Å²) < 4.78 is 1.93. The summed E-state index contributed by atoms with van der Waals surface area (Å²) in [6, 6.07) is 10.1. The molecule has 1 aliphatic heterocycles. The lowest BCUT2D eigenvalue weighted by Gasteiger charge is -2.25. The van der Waals surface area contributed by atoms with Crippen molar-refractivity contribution in [3.8, 4) is 0 Å². The molecule has 26 heavy (non-hydrogen) atoms. The Bertz CT molecular complexity index is 721. The zero-order valence-corrected chi connectivity index (χ0v) is 15.9. The molecule has 1 aromatic heterocycles. The van der Waals surface area contributed by atoms with E-state index < -0.39 is 0 Å². The highest BCUT2D eigenvalue weighted by Gasteiger charge is 2.26. The lowest BCUT2D eigenvalue weighted by atomic mass is 10.1. The number of hydrogen-bond donors (Lipinski definition) is 1. The van der Waals surface area contributed by atoms with E-state index in [1.165, 1.54) is 0 Å². The monoisotopic (exact) mass is 356 g/mol. The van der Waals surface area contributed by atoms with Gasteiger partial charge in [-0.1, -0.05) is 23.4 Å². The number of nitrogens with one attached hydrogen (secondary N) is 1. The quantitative estimate of drug-likeness (QED) is 0.854. The largest absolute Gasteiger partial charge is 0.317 e. The van der Waals surface area contributed by atoms with Crippen molar-refractivity contribution in [2.75, 3.05) is 45.2 Å². The van der Waals surface area contributed by atoms with Crippen LogP contribution < -0.4 is 10.2 Å². The minimum atomic E-state index is -0.0873. The molecule has 1 aromatic carbocycles. The number of likely N-dealkylation sites (N-methyl/N-ethyl adjacent to an activating group) is 1. The van der Waals surface area contributed by atoms with Crippen LogP contribution in [0.1, 0.15) is 35.1 Å². The van der Waals surface area contributed by atoms with Crippen LogP contribution in [-0.4, -0.2) is 66.1 Å². The first-order chi connectivity index (χ1) is 12.6. The minimum Gasteiger partial charge on any atom is -0.317 e. The standard InChI is InChI=1S/C19H28N6O/c1-15-18(21-22-25(15)17-9-11-20-12-10-17)19(26)24(14-13-23(2)3)16-7-5-4-6-8-16/h4-8,17,20H,9-14H2,1-3H3. The molecule has 0 spiro atoms. The Balaban J connectivity index is 1.85. The Labute approximate surface area is 155 Å². The smallest absolute Gasteiger partial charge is 0.280 e. The number of carbonyl (C=O) groups excluding carboxylic acids is 1. The van der Waals surface area contributed by atoms with E-state index in [1.807, 2.05) is 56.0 Å². The Hall–Kier alpha value is -2.25. The highest BCUT2D eigenvalue weighted by molar-refractivity contribution is 6.05. The Kier molecular flexibility index (Phi) is 6.00. The van der Waals surface area contributed by atoms with Crippen molar-refractivity contribution >= 4 is 11.6 Å². The van der Waals surface area contributed by atoms with Gasteiger partial charge in [0.25, 0.3) is 5.91 Å². The van der Waals surface area contributed by atoms with Crippen LogP contribution in [0.4, 0.5) is 5.69 Å². The first-order valence-corrected chi connectivity index (χ1v) is 9.22. The van der Waals surface area contributed by atoms with Crippen LogP contribution in [0.3, 0.4) is 0 Å². The summed E-state index contributed by atoms with van der Waals surface area (Å²) in [5, 5.41) is 11.9. The van der Waals surface area contributed by atoms with Crippen LogP contribution in [0.2, 0.25) is 0 Å². The van der Waals surface area contributed by atoms with Crippen LogP contribution in [-0.2, 0) is 0 Å². The summed E-state index contributed by atoms with van der Waals surface area (Å²) in [4.78, 5) is 17.1. The van der Waals surface area contributed by atoms with Crippen LogP contribution >= 0.6 is 0 Å². The van der Waals surface area contributed by atoms with Gasteiger partial charge in [-0.05, 0) is 59.1 Å². The molecule has 0 saturated carbocycles. The SMILES string of the molecule is Cc1c(C(=O)N(CCN(C)C)c2ccccc2)nnn1C1CCNCC1. The molecule has 7 heteroatoms. The first-order valence-electron chi connectivity index (χ1n) is 9.22. The number of amides is 1. The van der Waals surface area contributed by atoms with Crippen LogP contribution in [0.15, 0.2) is 30.3 Å². The molecule has 1 aliphatic rings. The number of anilines is 1. The number of hydrogen-bond acceptors (Lipinski definition) is 5. The molecule has 0 atom stereocenters. The summed E-state index contributed by atoms with van der Waals surface area (Å²) in [5.74, 6) is -0.0873. The number of aromatic nitrogens is 3. The molecular weight excluding hydrogens is 328 g/mol. The van der Waals surface area contributed by atoms with Gasteiger partial charge in [0.1, 0.15) is 0 Å². The molecule has 0 aliphatic carbocycles. The van der Waals surface area contributed by atoms with E-state index in [0.717, 1.165) is 43.9 Å². The van der Waals surface area contributed by atoms with E-state index in [-0.39, 0.29) is 5.91 Å². The fourth-order valence-electron chi connectivity index (χ4n) is 3.32. The van der Waals surface area contributed by atoms with Gasteiger partial charge < -0.3 is 15.1 Å². The van der Waals surface area contributed by atoms with Gasteiger partial charge in [0.05, 0.1) is 11.7 Å². The average molecular weight is 356 g/mol. The molecule has 1 saturated heterocycles. The number of carbonyl (C=O) groups is 1. The van der Waals surface area contributed by atoms with E-state index in [2.05, 4.69) is 20.5 Å². The maximum absolute atomic E-state index is 13.3. The fraction of sp³-hybridized carbons (Fsp3) is 0.526. The maximum atomic E-state index is 13.3. The van der Waals surface area contributed by atoms with E-state index in [4.69, 9.17) is 0 Å². The minimum absolute atomic E-state index is 0.0873. The fourth-order valence-corrected chi connectivity index (χ4v) is 3.32. The molecule has 140 valence electrons. The molecule has 1 amide bonds. The second-order valence-corrected chi connectivity index (χ2v) is 7.04. The second-order valence-electron chi connectivity index (χ2n) is 7.04. The lowest BCUT2D eigenvalue weighted by molar-refractivity contribution is 0.0979. The summed E-state index contributed by atoms with van der Waals surface area (Å²) in [6.45, 7) is 5.29. The third-order valence-electron chi connectivity index (χ3n) is 4.87. The number of benzene rings is 1. The summed E-state index contributed by atoms with van der Waals surface area (Å²) in [7, 11) is 4.01. The Morgan fingerprint density at radius 3 is 2.54 bits per heavy atom. The molecule has 0 unspecified atom stereocenters. The van der Waals surface area contributed by atoms with E-state index in [0.29, 0.717) is 18.3 Å². The van der Waals surface area contributed by atoms with E-state index in [1.54, 1.807) is 4.90 Å². The number of para-hydroxylation sites is 1. The number of rotatable bonds is 6. The van der Waals surface area contributed by atoms with Gasteiger partial charge in [0.2, 0.25) is 0 Å². The number of nitrogens with zero attached hydrogens (tertiary/aromatic N) is 5. The highest BCUT2D eigenvalue weighted by atomic mass is 16.2. The molecule has 2 heterocycles. The Morgan fingerprint density at radius 1 is 1.19 bits per heavy atom. The topological polar surface area (TPSA) is 66.3 Å². The third kappa shape index (κ3) is 4.11. The first kappa shape index (κ1) is 18.5. The van der Waals surface area contributed by atoms with E-state index in [9.17, 15) is 4.79 Å². The van der Waals surface area contributed by atoms with Crippen LogP contribution in [0, 0.1) is 6.92 Å². The third-order valence-corrected chi connectivity index (χ3v) is 4.87. The van der Waals surface area contributed by atoms with Crippen LogP contribution in [0.25, 0.3) is 0 Å². The molecule has 2 aromatic rings. The molecule has 3 rings (SSSR count). The van der Waals surface area contributed by atoms with Crippen molar-refractivity contribution in [3.63, 3.8) is 0 Å². The predicted octanol–water partition coefficient (Wildman–Crippen LogP) is 1.72. The van der Waals surface area contributed by atoms with Gasteiger partial charge in [0.15, 0.2) is 5.69 Å². The highest BCUT2D eigenvalue weighted by Crippen LogP contribution is 2.22. The molecule has 0 bridgehead atoms. The van der Waals surface area contributed by atoms with Crippen LogP contribution in [0.5, 0.6) is 0 Å². The zero-order chi connectivity index (χ0) is 18.5. The van der Waals surface area contributed by atoms with Crippen molar-refractivity contribution in [2.24, 2.45) is 0 Å². The molecule has 1 N–H and O–H groups in total. The molecule has 0 radical (unpaired) electrons. The lowest BCUT2D eigenvalue weighted by Crippen LogP contribution is -2.37. The van der Waals surface area contributed by atoms with Gasteiger partial charge in [-0.15, -0.1) is 5.10 Å². The Morgan fingerprint density at radius 2 is 1.88 bits per heavy atom. The van der Waals surface area contributed by atoms with Gasteiger partial charge >= 0.3 is 0 Å². The van der Waals surface area contributed by atoms with Gasteiger partial charge in [-0.2, -0.15) is 0 Å². The molecule has 1 fully saturated rings. The predicted molar refractivity (Wildman–Crippen MR) is 103 cm³/mol. The van der Waals surface area contributed by atoms with Crippen molar-refractivity contribution in [1.82, 2.24) is 25.2 Å². The van der Waals surface area contributed by atoms with Gasteiger partial charge in [0, 0.05) is 18.8 Å². The van der Waals surface area contributed by atoms with Gasteiger partial charge in [-0.3, -0.25) is 4.79 Å². The normalized spacial score (nSPS) is 15.4. The second kappa shape index (κ2) is 8.42. The summed E-state index contributed by atoms with van der Waals surface area (Å²) in [5.41, 5.74) is 2.19. The number of piperidine rings is 1. The van der Waals surface area contributed by atoms with Gasteiger partial charge in [-0.25, -0.2) is 4.68 Å². The van der Waals surface area contributed by atoms with Crippen molar-refractivity contribution in [3.05, 3.63) is 41.7 Å². The van der Waals surface area contributed by atoms with Crippen molar-refractivity contribution < 1.29 is 4.79 Å². The molecule has 7 nitrogen and oxygen atoms in total. The van der Waals surface area contributed by atoms with E-state index >= 15 is 0 Å². The van der Waals surface area contributed by atoms with Crippen molar-refractivity contribution in [1.29, 1.82) is 0 Å². The van der Waals surface area contributed by atoms with Crippen molar-refractivity contribution in [2.45, 2.75) is 25.8 Å². The summed E-state index contributed by atoms with van der Waals surface area (Å²) in [6.07, 6.45) is 2.03. The maximum Gasteiger partial charge on any atom is 0.280 e. The average Bonchev–Trinajstić information content (AvgIpc) is 3.04. The zero-order valence-electron chi connectivity index (χ0n) is 15.9. The summed E-state index contributed by atoms with van der Waals surface area (Å²) >= 11 is 0.